The standard InChI is InChI=1S/C30H32F3N3O3/c1-19-14-27(35-26-8-3-4-9-29(26)39-30(31,32)33)25-16-23(10-11-28(25)36(19)20(2)37)22-6-5-7-24(15-22)34-17-21-12-13-38-18-21/h3-11,15-16,19,21,27,34-35H,12-14,17-18H2,1-2H3/t19-,21?,27+/m0/s1. The normalized spacial score (nSPS) is 20.8. The second kappa shape index (κ2) is 11.2. The summed E-state index contributed by atoms with van der Waals surface area (Å²) in [6, 6.07) is 19.6. The van der Waals surface area contributed by atoms with Crippen LogP contribution in [0.3, 0.4) is 0 Å². The SMILES string of the molecule is CC(=O)N1c2ccc(-c3cccc(NCC4CCOC4)c3)cc2[C@H](Nc2ccccc2OC(F)(F)F)C[C@@H]1C. The molecule has 2 N–H and O–H groups in total. The molecule has 0 radical (unpaired) electrons. The van der Waals surface area contributed by atoms with Crippen LogP contribution >= 0.6 is 0 Å². The highest BCUT2D eigenvalue weighted by atomic mass is 19.4. The molecule has 206 valence electrons. The summed E-state index contributed by atoms with van der Waals surface area (Å²) in [5.74, 6) is 0.113. The summed E-state index contributed by atoms with van der Waals surface area (Å²) in [6.45, 7) is 5.88. The number of amides is 1. The lowest BCUT2D eigenvalue weighted by Gasteiger charge is -2.40. The van der Waals surface area contributed by atoms with Gasteiger partial charge in [-0.1, -0.05) is 30.3 Å². The minimum Gasteiger partial charge on any atom is -0.404 e. The lowest BCUT2D eigenvalue weighted by Crippen LogP contribution is -2.43. The molecule has 2 aliphatic rings. The number of halogens is 3. The molecule has 1 unspecified atom stereocenters. The Morgan fingerprint density at radius 2 is 1.87 bits per heavy atom. The molecular formula is C30H32F3N3O3. The number of anilines is 3. The number of ether oxygens (including phenoxy) is 2. The highest BCUT2D eigenvalue weighted by molar-refractivity contribution is 5.94. The van der Waals surface area contributed by atoms with Crippen LogP contribution < -0.4 is 20.3 Å². The van der Waals surface area contributed by atoms with Crippen molar-refractivity contribution in [2.24, 2.45) is 5.92 Å². The number of carbonyl (C=O) groups is 1. The van der Waals surface area contributed by atoms with Crippen molar-refractivity contribution in [2.75, 3.05) is 35.3 Å². The third-order valence-corrected chi connectivity index (χ3v) is 7.28. The van der Waals surface area contributed by atoms with Gasteiger partial charge in [0.1, 0.15) is 0 Å². The van der Waals surface area contributed by atoms with Crippen LogP contribution in [0, 0.1) is 5.92 Å². The molecule has 0 saturated carbocycles. The number of nitrogens with one attached hydrogen (secondary N) is 2. The Morgan fingerprint density at radius 3 is 2.62 bits per heavy atom. The maximum atomic E-state index is 13.1. The van der Waals surface area contributed by atoms with Crippen molar-refractivity contribution in [3.05, 3.63) is 72.3 Å². The van der Waals surface area contributed by atoms with Gasteiger partial charge >= 0.3 is 6.36 Å². The third-order valence-electron chi connectivity index (χ3n) is 7.28. The van der Waals surface area contributed by atoms with E-state index in [9.17, 15) is 18.0 Å². The number of nitrogens with zero attached hydrogens (tertiary/aromatic N) is 1. The second-order valence-electron chi connectivity index (χ2n) is 10.2. The van der Waals surface area contributed by atoms with Crippen molar-refractivity contribution in [1.29, 1.82) is 0 Å². The number of hydrogen-bond acceptors (Lipinski definition) is 5. The Morgan fingerprint density at radius 1 is 1.08 bits per heavy atom. The lowest BCUT2D eigenvalue weighted by molar-refractivity contribution is -0.274. The van der Waals surface area contributed by atoms with Crippen molar-refractivity contribution < 1.29 is 27.4 Å². The van der Waals surface area contributed by atoms with Gasteiger partial charge in [0.05, 0.1) is 18.3 Å². The van der Waals surface area contributed by atoms with Crippen LogP contribution in [0.5, 0.6) is 5.75 Å². The fraction of sp³-hybridized carbons (Fsp3) is 0.367. The van der Waals surface area contributed by atoms with Crippen LogP contribution in [0.15, 0.2) is 66.7 Å². The first kappa shape index (κ1) is 26.9. The van der Waals surface area contributed by atoms with E-state index in [4.69, 9.17) is 4.74 Å². The zero-order valence-electron chi connectivity index (χ0n) is 21.9. The Balaban J connectivity index is 1.47. The Labute approximate surface area is 226 Å². The minimum atomic E-state index is -4.81. The molecule has 3 atom stereocenters. The number of alkyl halides is 3. The highest BCUT2D eigenvalue weighted by Crippen LogP contribution is 2.43. The Kier molecular flexibility index (Phi) is 7.70. The molecule has 2 heterocycles. The van der Waals surface area contributed by atoms with E-state index >= 15 is 0 Å². The largest absolute Gasteiger partial charge is 0.573 e. The lowest BCUT2D eigenvalue weighted by atomic mass is 9.88. The molecule has 1 saturated heterocycles. The van der Waals surface area contributed by atoms with Crippen molar-refractivity contribution in [3.63, 3.8) is 0 Å². The zero-order valence-corrected chi connectivity index (χ0v) is 21.9. The molecule has 0 aromatic heterocycles. The molecule has 3 aromatic carbocycles. The first-order valence-electron chi connectivity index (χ1n) is 13.1. The van der Waals surface area contributed by atoms with Gasteiger partial charge in [0.2, 0.25) is 5.91 Å². The first-order valence-corrected chi connectivity index (χ1v) is 13.1. The molecule has 0 spiro atoms. The van der Waals surface area contributed by atoms with Crippen LogP contribution in [0.1, 0.15) is 38.3 Å². The van der Waals surface area contributed by atoms with Crippen LogP contribution in [0.4, 0.5) is 30.2 Å². The number of rotatable bonds is 7. The Hall–Kier alpha value is -3.72. The summed E-state index contributed by atoms with van der Waals surface area (Å²) >= 11 is 0. The smallest absolute Gasteiger partial charge is 0.404 e. The first-order chi connectivity index (χ1) is 18.7. The fourth-order valence-electron chi connectivity index (χ4n) is 5.46. The van der Waals surface area contributed by atoms with Crippen molar-refractivity contribution in [1.82, 2.24) is 0 Å². The quantitative estimate of drug-likeness (QED) is 0.339. The van der Waals surface area contributed by atoms with Crippen molar-refractivity contribution in [3.8, 4) is 16.9 Å². The summed E-state index contributed by atoms with van der Waals surface area (Å²) < 4.78 is 48.9. The van der Waals surface area contributed by atoms with E-state index in [1.165, 1.54) is 19.1 Å². The number of benzene rings is 3. The van der Waals surface area contributed by atoms with Gasteiger partial charge in [-0.25, -0.2) is 0 Å². The van der Waals surface area contributed by atoms with E-state index in [1.807, 2.05) is 43.3 Å². The van der Waals surface area contributed by atoms with Crippen LogP contribution in [0.25, 0.3) is 11.1 Å². The van der Waals surface area contributed by atoms with Crippen molar-refractivity contribution in [2.45, 2.75) is 45.1 Å². The Bertz CT molecular complexity index is 1320. The van der Waals surface area contributed by atoms with E-state index in [1.54, 1.807) is 17.0 Å². The van der Waals surface area contributed by atoms with Crippen molar-refractivity contribution >= 4 is 23.0 Å². The topological polar surface area (TPSA) is 62.8 Å². The predicted molar refractivity (Wildman–Crippen MR) is 146 cm³/mol. The molecule has 0 bridgehead atoms. The van der Waals surface area contributed by atoms with Gasteiger partial charge in [-0.05, 0) is 72.9 Å². The van der Waals surface area contributed by atoms with Gasteiger partial charge in [-0.3, -0.25) is 4.79 Å². The third kappa shape index (κ3) is 6.30. The van der Waals surface area contributed by atoms with E-state index in [0.29, 0.717) is 12.3 Å². The molecule has 2 aliphatic heterocycles. The maximum Gasteiger partial charge on any atom is 0.573 e. The summed E-state index contributed by atoms with van der Waals surface area (Å²) in [7, 11) is 0. The molecule has 5 rings (SSSR count). The molecule has 1 fully saturated rings. The van der Waals surface area contributed by atoms with Gasteiger partial charge in [-0.2, -0.15) is 0 Å². The van der Waals surface area contributed by atoms with Crippen LogP contribution in [0.2, 0.25) is 0 Å². The number of hydrogen-bond donors (Lipinski definition) is 2. The highest BCUT2D eigenvalue weighted by Gasteiger charge is 2.35. The van der Waals surface area contributed by atoms with Gasteiger partial charge in [0.15, 0.2) is 5.75 Å². The number of fused-ring (bicyclic) bond motifs is 1. The number of carbonyl (C=O) groups excluding carboxylic acids is 1. The van der Waals surface area contributed by atoms with Crippen LogP contribution in [-0.4, -0.2) is 38.1 Å². The molecule has 1 amide bonds. The molecule has 9 heteroatoms. The molecule has 3 aromatic rings. The van der Waals surface area contributed by atoms with Crippen LogP contribution in [-0.2, 0) is 9.53 Å². The summed E-state index contributed by atoms with van der Waals surface area (Å²) in [5, 5.41) is 6.77. The molecular weight excluding hydrogens is 507 g/mol. The van der Waals surface area contributed by atoms with Gasteiger partial charge in [0, 0.05) is 43.4 Å². The monoisotopic (exact) mass is 539 g/mol. The van der Waals surface area contributed by atoms with E-state index < -0.39 is 6.36 Å². The summed E-state index contributed by atoms with van der Waals surface area (Å²) in [4.78, 5) is 14.3. The van der Waals surface area contributed by atoms with E-state index in [-0.39, 0.29) is 29.4 Å². The van der Waals surface area contributed by atoms with E-state index in [0.717, 1.165) is 54.2 Å². The molecule has 6 nitrogen and oxygen atoms in total. The molecule has 0 aliphatic carbocycles. The second-order valence-corrected chi connectivity index (χ2v) is 10.2. The molecule has 39 heavy (non-hydrogen) atoms. The average Bonchev–Trinajstić information content (AvgIpc) is 3.41. The van der Waals surface area contributed by atoms with E-state index in [2.05, 4.69) is 21.4 Å². The zero-order chi connectivity index (χ0) is 27.6. The van der Waals surface area contributed by atoms with Gasteiger partial charge in [-0.15, -0.1) is 13.2 Å². The predicted octanol–water partition coefficient (Wildman–Crippen LogP) is 7.00. The maximum absolute atomic E-state index is 13.1. The summed E-state index contributed by atoms with van der Waals surface area (Å²) in [5.41, 5.74) is 4.77. The van der Waals surface area contributed by atoms with Gasteiger partial charge < -0.3 is 25.0 Å². The minimum absolute atomic E-state index is 0.0853. The fourth-order valence-corrected chi connectivity index (χ4v) is 5.46. The number of para-hydroxylation sites is 2. The summed E-state index contributed by atoms with van der Waals surface area (Å²) in [6.07, 6.45) is -3.24. The average molecular weight is 540 g/mol. The van der Waals surface area contributed by atoms with Gasteiger partial charge in [0.25, 0.3) is 0 Å².